The third-order valence-corrected chi connectivity index (χ3v) is 3.74. The predicted molar refractivity (Wildman–Crippen MR) is 73.1 cm³/mol. The summed E-state index contributed by atoms with van der Waals surface area (Å²) in [6.07, 6.45) is 0.531. The van der Waals surface area contributed by atoms with Crippen LogP contribution < -0.4 is 10.5 Å². The van der Waals surface area contributed by atoms with Crippen LogP contribution in [-0.4, -0.2) is 7.11 Å². The molecule has 2 atom stereocenters. The first-order chi connectivity index (χ1) is 8.66. The van der Waals surface area contributed by atoms with Gasteiger partial charge in [-0.15, -0.1) is 0 Å². The first kappa shape index (κ1) is 15.9. The topological polar surface area (TPSA) is 35.2 Å². The molecular weight excluding hydrogens is 248 g/mol. The number of ether oxygens (including phenoxy) is 1. The van der Waals surface area contributed by atoms with Crippen LogP contribution in [0.4, 0.5) is 8.78 Å². The zero-order chi connectivity index (χ0) is 14.8. The van der Waals surface area contributed by atoms with E-state index in [4.69, 9.17) is 10.5 Å². The Hall–Kier alpha value is -1.16. The van der Waals surface area contributed by atoms with E-state index in [1.807, 2.05) is 6.92 Å². The fourth-order valence-corrected chi connectivity index (χ4v) is 1.89. The van der Waals surface area contributed by atoms with Crippen LogP contribution in [0.3, 0.4) is 0 Å². The third-order valence-electron chi connectivity index (χ3n) is 3.74. The maximum atomic E-state index is 13.9. The predicted octanol–water partition coefficient (Wildman–Crippen LogP) is 4.05. The van der Waals surface area contributed by atoms with Crippen molar-refractivity contribution < 1.29 is 13.5 Å². The second kappa shape index (κ2) is 5.87. The van der Waals surface area contributed by atoms with Gasteiger partial charge >= 0.3 is 0 Å². The van der Waals surface area contributed by atoms with E-state index in [2.05, 4.69) is 20.8 Å². The third kappa shape index (κ3) is 3.90. The van der Waals surface area contributed by atoms with Crippen molar-refractivity contribution >= 4 is 0 Å². The molecule has 0 aliphatic rings. The van der Waals surface area contributed by atoms with Gasteiger partial charge in [0, 0.05) is 23.7 Å². The second-order valence-electron chi connectivity index (χ2n) is 6.11. The Balaban J connectivity index is 2.97. The van der Waals surface area contributed by atoms with Crippen LogP contribution in [0.15, 0.2) is 12.1 Å². The lowest BCUT2D eigenvalue weighted by molar-refractivity contribution is 0.231. The summed E-state index contributed by atoms with van der Waals surface area (Å²) in [7, 11) is 1.37. The zero-order valence-electron chi connectivity index (χ0n) is 12.3. The number of hydrogen-bond donors (Lipinski definition) is 1. The molecule has 0 aromatic heterocycles. The Labute approximate surface area is 114 Å². The van der Waals surface area contributed by atoms with Crippen molar-refractivity contribution in [3.05, 3.63) is 29.3 Å². The number of rotatable bonds is 4. The molecule has 0 heterocycles. The largest absolute Gasteiger partial charge is 0.497 e. The number of methoxy groups -OCH3 is 1. The Morgan fingerprint density at radius 2 is 1.68 bits per heavy atom. The first-order valence-electron chi connectivity index (χ1n) is 6.45. The van der Waals surface area contributed by atoms with Crippen molar-refractivity contribution in [3.8, 4) is 5.75 Å². The van der Waals surface area contributed by atoms with Crippen LogP contribution in [0.5, 0.6) is 5.75 Å². The monoisotopic (exact) mass is 271 g/mol. The summed E-state index contributed by atoms with van der Waals surface area (Å²) >= 11 is 0. The summed E-state index contributed by atoms with van der Waals surface area (Å²) in [5.74, 6) is -0.880. The van der Waals surface area contributed by atoms with E-state index < -0.39 is 17.7 Å². The van der Waals surface area contributed by atoms with E-state index in [1.54, 1.807) is 0 Å². The van der Waals surface area contributed by atoms with Gasteiger partial charge in [0.15, 0.2) is 0 Å². The minimum absolute atomic E-state index is 0.0526. The molecule has 2 N–H and O–H groups in total. The standard InChI is InChI=1S/C15H23F2NO/c1-9(15(2,3)4)6-13(18)14-11(16)7-10(19-5)8-12(14)17/h7-9,13H,6,18H2,1-5H3. The number of halogens is 2. The molecule has 0 saturated heterocycles. The van der Waals surface area contributed by atoms with Gasteiger partial charge in [0.05, 0.1) is 7.11 Å². The van der Waals surface area contributed by atoms with Gasteiger partial charge in [0.1, 0.15) is 17.4 Å². The average Bonchev–Trinajstić information content (AvgIpc) is 2.26. The highest BCUT2D eigenvalue weighted by atomic mass is 19.1. The van der Waals surface area contributed by atoms with Gasteiger partial charge in [0.2, 0.25) is 0 Å². The van der Waals surface area contributed by atoms with E-state index >= 15 is 0 Å². The highest BCUT2D eigenvalue weighted by Crippen LogP contribution is 2.34. The van der Waals surface area contributed by atoms with Gasteiger partial charge in [-0.2, -0.15) is 0 Å². The molecule has 108 valence electrons. The fourth-order valence-electron chi connectivity index (χ4n) is 1.89. The van der Waals surface area contributed by atoms with Gasteiger partial charge in [-0.25, -0.2) is 8.78 Å². The summed E-state index contributed by atoms with van der Waals surface area (Å²) in [5.41, 5.74) is 5.96. The summed E-state index contributed by atoms with van der Waals surface area (Å²) in [6, 6.07) is 1.68. The van der Waals surface area contributed by atoms with Gasteiger partial charge < -0.3 is 10.5 Å². The summed E-state index contributed by atoms with van der Waals surface area (Å²) in [6.45, 7) is 8.31. The van der Waals surface area contributed by atoms with E-state index in [0.717, 1.165) is 0 Å². The molecule has 0 aliphatic heterocycles. The number of benzene rings is 1. The smallest absolute Gasteiger partial charge is 0.134 e. The number of nitrogens with two attached hydrogens (primary N) is 1. The lowest BCUT2D eigenvalue weighted by Crippen LogP contribution is -2.24. The van der Waals surface area contributed by atoms with E-state index in [9.17, 15) is 8.78 Å². The second-order valence-corrected chi connectivity index (χ2v) is 6.11. The van der Waals surface area contributed by atoms with Gasteiger partial charge in [-0.1, -0.05) is 27.7 Å². The molecule has 0 fully saturated rings. The van der Waals surface area contributed by atoms with Crippen LogP contribution in [0, 0.1) is 23.0 Å². The average molecular weight is 271 g/mol. The molecule has 1 rings (SSSR count). The molecule has 19 heavy (non-hydrogen) atoms. The van der Waals surface area contributed by atoms with Gasteiger partial charge in [-0.05, 0) is 17.8 Å². The molecule has 0 aliphatic carbocycles. The highest BCUT2D eigenvalue weighted by molar-refractivity contribution is 5.32. The molecule has 0 bridgehead atoms. The molecule has 1 aromatic carbocycles. The summed E-state index contributed by atoms with van der Waals surface area (Å²) in [5, 5.41) is 0. The molecule has 2 unspecified atom stereocenters. The van der Waals surface area contributed by atoms with Gasteiger partial charge in [0.25, 0.3) is 0 Å². The Bertz CT molecular complexity index is 417. The van der Waals surface area contributed by atoms with Crippen molar-refractivity contribution in [1.82, 2.24) is 0 Å². The molecule has 2 nitrogen and oxygen atoms in total. The Morgan fingerprint density at radius 1 is 1.21 bits per heavy atom. The first-order valence-corrected chi connectivity index (χ1v) is 6.45. The quantitative estimate of drug-likeness (QED) is 0.896. The van der Waals surface area contributed by atoms with Crippen molar-refractivity contribution in [3.63, 3.8) is 0 Å². The Morgan fingerprint density at radius 3 is 2.05 bits per heavy atom. The van der Waals surface area contributed by atoms with Gasteiger partial charge in [-0.3, -0.25) is 0 Å². The maximum Gasteiger partial charge on any atom is 0.134 e. The molecular formula is C15H23F2NO. The van der Waals surface area contributed by atoms with Crippen LogP contribution in [0.1, 0.15) is 45.7 Å². The molecule has 1 aromatic rings. The van der Waals surface area contributed by atoms with E-state index in [-0.39, 0.29) is 22.6 Å². The normalized spacial score (nSPS) is 15.2. The lowest BCUT2D eigenvalue weighted by atomic mass is 9.77. The minimum atomic E-state index is -0.653. The maximum absolute atomic E-state index is 13.9. The van der Waals surface area contributed by atoms with E-state index in [1.165, 1.54) is 19.2 Å². The SMILES string of the molecule is COc1cc(F)c(C(N)CC(C)C(C)(C)C)c(F)c1. The summed E-state index contributed by atoms with van der Waals surface area (Å²) < 4.78 is 32.6. The number of hydrogen-bond acceptors (Lipinski definition) is 2. The lowest BCUT2D eigenvalue weighted by Gasteiger charge is -2.29. The van der Waals surface area contributed by atoms with Crippen molar-refractivity contribution in [2.24, 2.45) is 17.1 Å². The molecule has 4 heteroatoms. The highest BCUT2D eigenvalue weighted by Gasteiger charge is 2.26. The van der Waals surface area contributed by atoms with E-state index in [0.29, 0.717) is 6.42 Å². The molecule has 0 spiro atoms. The van der Waals surface area contributed by atoms with Crippen LogP contribution >= 0.6 is 0 Å². The molecule has 0 amide bonds. The van der Waals surface area contributed by atoms with Crippen molar-refractivity contribution in [2.75, 3.05) is 7.11 Å². The summed E-state index contributed by atoms with van der Waals surface area (Å²) in [4.78, 5) is 0. The van der Waals surface area contributed by atoms with Crippen LogP contribution in [0.2, 0.25) is 0 Å². The van der Waals surface area contributed by atoms with Crippen LogP contribution in [-0.2, 0) is 0 Å². The molecule has 0 radical (unpaired) electrons. The Kier molecular flexibility index (Phi) is 4.91. The minimum Gasteiger partial charge on any atom is -0.497 e. The fraction of sp³-hybridized carbons (Fsp3) is 0.600. The zero-order valence-corrected chi connectivity index (χ0v) is 12.3. The van der Waals surface area contributed by atoms with Crippen molar-refractivity contribution in [2.45, 2.75) is 40.2 Å². The van der Waals surface area contributed by atoms with Crippen LogP contribution in [0.25, 0.3) is 0 Å². The van der Waals surface area contributed by atoms with Crippen molar-refractivity contribution in [1.29, 1.82) is 0 Å². The molecule has 0 saturated carbocycles.